The van der Waals surface area contributed by atoms with Crippen molar-refractivity contribution in [2.75, 3.05) is 57.2 Å². The van der Waals surface area contributed by atoms with Crippen LogP contribution < -0.4 is 15.5 Å². The lowest BCUT2D eigenvalue weighted by Crippen LogP contribution is -2.40. The van der Waals surface area contributed by atoms with Crippen molar-refractivity contribution in [2.24, 2.45) is 0 Å². The minimum Gasteiger partial charge on any atom is -0.379 e. The zero-order valence-electron chi connectivity index (χ0n) is 26.3. The third kappa shape index (κ3) is 6.89. The smallest absolute Gasteiger partial charge is 0.253 e. The van der Waals surface area contributed by atoms with Crippen LogP contribution in [0.4, 0.5) is 11.8 Å². The normalized spacial score (nSPS) is 19.2. The van der Waals surface area contributed by atoms with Crippen LogP contribution in [0.3, 0.4) is 0 Å². The van der Waals surface area contributed by atoms with Crippen LogP contribution in [0.2, 0.25) is 0 Å². The molecule has 1 saturated carbocycles. The monoisotopic (exact) mass is 595 g/mol. The van der Waals surface area contributed by atoms with Gasteiger partial charge in [-0.2, -0.15) is 4.98 Å². The van der Waals surface area contributed by atoms with Crippen LogP contribution in [0.25, 0.3) is 22.2 Å². The number of morpholine rings is 1. The van der Waals surface area contributed by atoms with Gasteiger partial charge in [0.2, 0.25) is 5.95 Å². The molecular formula is C35H45N7O2. The van der Waals surface area contributed by atoms with Crippen molar-refractivity contribution in [3.63, 3.8) is 0 Å². The molecule has 0 unspecified atom stereocenters. The number of ether oxygens (including phenoxy) is 1. The quantitative estimate of drug-likeness (QED) is 0.256. The Hall–Kier alpha value is -3.95. The summed E-state index contributed by atoms with van der Waals surface area (Å²) in [5.74, 6) is 1.60. The first-order chi connectivity index (χ1) is 21.5. The molecule has 9 nitrogen and oxygen atoms in total. The molecule has 3 heterocycles. The molecule has 2 fully saturated rings. The maximum atomic E-state index is 13.7. The van der Waals surface area contributed by atoms with E-state index in [0.29, 0.717) is 5.95 Å². The van der Waals surface area contributed by atoms with Crippen LogP contribution >= 0.6 is 0 Å². The Kier molecular flexibility index (Phi) is 9.43. The standard InChI is InChI=1S/C35H45N7O2/c1-25-30(24-32(26-10-5-4-6-11-26)42(25)19-9-18-41-20-22-44-23-21-41)34(43)36-27-14-16-28(17-15-27)37-35-38-31-13-8-7-12-29(31)33(39-35)40(2)3/h4-8,10-13,24,27-28H,9,14-23H2,1-3H3,(H,36,43)(H,37,38,39). The lowest BCUT2D eigenvalue weighted by Gasteiger charge is -2.30. The second-order valence-corrected chi connectivity index (χ2v) is 12.3. The predicted molar refractivity (Wildman–Crippen MR) is 177 cm³/mol. The molecule has 6 rings (SSSR count). The van der Waals surface area contributed by atoms with Crippen LogP contribution in [0.5, 0.6) is 0 Å². The predicted octanol–water partition coefficient (Wildman–Crippen LogP) is 5.35. The van der Waals surface area contributed by atoms with E-state index >= 15 is 0 Å². The number of rotatable bonds is 10. The Bertz CT molecular complexity index is 1550. The first-order valence-corrected chi connectivity index (χ1v) is 16.0. The molecule has 2 N–H and O–H groups in total. The summed E-state index contributed by atoms with van der Waals surface area (Å²) < 4.78 is 7.84. The van der Waals surface area contributed by atoms with Crippen LogP contribution in [-0.2, 0) is 11.3 Å². The van der Waals surface area contributed by atoms with Crippen LogP contribution in [-0.4, -0.2) is 84.4 Å². The van der Waals surface area contributed by atoms with Crippen molar-refractivity contribution in [3.8, 4) is 11.3 Å². The number of carbonyl (C=O) groups excluding carboxylic acids is 1. The molecule has 9 heteroatoms. The first kappa shape index (κ1) is 30.1. The number of carbonyl (C=O) groups is 1. The van der Waals surface area contributed by atoms with Gasteiger partial charge in [0, 0.05) is 69.1 Å². The van der Waals surface area contributed by atoms with E-state index in [1.54, 1.807) is 0 Å². The Morgan fingerprint density at radius 3 is 2.39 bits per heavy atom. The molecule has 0 spiro atoms. The van der Waals surface area contributed by atoms with E-state index in [0.717, 1.165) is 111 Å². The van der Waals surface area contributed by atoms with Crippen molar-refractivity contribution in [1.29, 1.82) is 0 Å². The molecule has 4 aromatic rings. The summed E-state index contributed by atoms with van der Waals surface area (Å²) in [4.78, 5) is 27.8. The van der Waals surface area contributed by atoms with Gasteiger partial charge in [-0.3, -0.25) is 9.69 Å². The molecule has 1 saturated heterocycles. The number of hydrogen-bond acceptors (Lipinski definition) is 7. The van der Waals surface area contributed by atoms with Gasteiger partial charge in [0.15, 0.2) is 0 Å². The maximum absolute atomic E-state index is 13.7. The largest absolute Gasteiger partial charge is 0.379 e. The molecule has 2 aromatic heterocycles. The molecule has 2 aromatic carbocycles. The highest BCUT2D eigenvalue weighted by atomic mass is 16.5. The number of anilines is 2. The van der Waals surface area contributed by atoms with Crippen LogP contribution in [0.15, 0.2) is 60.7 Å². The summed E-state index contributed by atoms with van der Waals surface area (Å²) >= 11 is 0. The summed E-state index contributed by atoms with van der Waals surface area (Å²) in [7, 11) is 4.02. The third-order valence-electron chi connectivity index (χ3n) is 9.04. The molecule has 1 amide bonds. The van der Waals surface area contributed by atoms with Crippen LogP contribution in [0, 0.1) is 6.92 Å². The van der Waals surface area contributed by atoms with Crippen molar-refractivity contribution >= 4 is 28.6 Å². The highest BCUT2D eigenvalue weighted by molar-refractivity contribution is 5.97. The van der Waals surface area contributed by atoms with E-state index in [1.165, 1.54) is 0 Å². The molecule has 0 radical (unpaired) electrons. The van der Waals surface area contributed by atoms with Crippen LogP contribution in [0.1, 0.15) is 48.2 Å². The van der Waals surface area contributed by atoms with Gasteiger partial charge in [-0.25, -0.2) is 4.98 Å². The fourth-order valence-corrected chi connectivity index (χ4v) is 6.58. The van der Waals surface area contributed by atoms with E-state index in [2.05, 4.69) is 63.4 Å². The highest BCUT2D eigenvalue weighted by Gasteiger charge is 2.26. The number of fused-ring (bicyclic) bond motifs is 1. The number of amides is 1. The Morgan fingerprint density at radius 1 is 0.932 bits per heavy atom. The summed E-state index contributed by atoms with van der Waals surface area (Å²) in [5, 5.41) is 8.00. The first-order valence-electron chi connectivity index (χ1n) is 16.0. The fourth-order valence-electron chi connectivity index (χ4n) is 6.58. The molecule has 0 atom stereocenters. The van der Waals surface area contributed by atoms with Crippen molar-refractivity contribution in [2.45, 2.75) is 57.7 Å². The number of aromatic nitrogens is 3. The number of nitrogens with one attached hydrogen (secondary N) is 2. The van der Waals surface area contributed by atoms with Gasteiger partial charge < -0.3 is 24.8 Å². The zero-order chi connectivity index (χ0) is 30.5. The van der Waals surface area contributed by atoms with E-state index < -0.39 is 0 Å². The molecule has 1 aliphatic heterocycles. The molecule has 0 bridgehead atoms. The molecule has 1 aliphatic carbocycles. The number of para-hydroxylation sites is 1. The SMILES string of the molecule is Cc1c(C(=O)NC2CCC(Nc3nc(N(C)C)c4ccccc4n3)CC2)cc(-c2ccccc2)n1CCCN1CCOCC1. The highest BCUT2D eigenvalue weighted by Crippen LogP contribution is 2.29. The van der Waals surface area contributed by atoms with Gasteiger partial charge >= 0.3 is 0 Å². The third-order valence-corrected chi connectivity index (χ3v) is 9.04. The van der Waals surface area contributed by atoms with Gasteiger partial charge in [-0.1, -0.05) is 42.5 Å². The minimum atomic E-state index is 0.0245. The average molecular weight is 596 g/mol. The van der Waals surface area contributed by atoms with Gasteiger partial charge in [0.1, 0.15) is 5.82 Å². The minimum absolute atomic E-state index is 0.0245. The maximum Gasteiger partial charge on any atom is 0.253 e. The lowest BCUT2D eigenvalue weighted by molar-refractivity contribution is 0.0369. The van der Waals surface area contributed by atoms with E-state index in [9.17, 15) is 4.79 Å². The number of hydrogen-bond donors (Lipinski definition) is 2. The van der Waals surface area contributed by atoms with Gasteiger partial charge in [0.05, 0.1) is 24.3 Å². The Morgan fingerprint density at radius 2 is 1.64 bits per heavy atom. The zero-order valence-corrected chi connectivity index (χ0v) is 26.3. The Balaban J connectivity index is 1.09. The molecule has 44 heavy (non-hydrogen) atoms. The van der Waals surface area contributed by atoms with Crippen molar-refractivity contribution in [3.05, 3.63) is 71.9 Å². The van der Waals surface area contributed by atoms with E-state index in [4.69, 9.17) is 14.7 Å². The summed E-state index contributed by atoms with van der Waals surface area (Å²) in [6, 6.07) is 21.1. The lowest BCUT2D eigenvalue weighted by atomic mass is 9.91. The van der Waals surface area contributed by atoms with Crippen molar-refractivity contribution < 1.29 is 9.53 Å². The molecular weight excluding hydrogens is 550 g/mol. The Labute approximate surface area is 260 Å². The second kappa shape index (κ2) is 13.8. The molecule has 232 valence electrons. The van der Waals surface area contributed by atoms with E-state index in [1.807, 2.05) is 43.3 Å². The summed E-state index contributed by atoms with van der Waals surface area (Å²) in [6.45, 7) is 7.62. The van der Waals surface area contributed by atoms with Gasteiger partial charge in [0.25, 0.3) is 5.91 Å². The van der Waals surface area contributed by atoms with Gasteiger partial charge in [-0.05, 0) is 62.8 Å². The van der Waals surface area contributed by atoms with Crippen molar-refractivity contribution in [1.82, 2.24) is 24.8 Å². The second-order valence-electron chi connectivity index (χ2n) is 12.3. The van der Waals surface area contributed by atoms with E-state index in [-0.39, 0.29) is 18.0 Å². The fraction of sp³-hybridized carbons (Fsp3) is 0.457. The topological polar surface area (TPSA) is 87.6 Å². The van der Waals surface area contributed by atoms with Gasteiger partial charge in [-0.15, -0.1) is 0 Å². The number of nitrogens with zero attached hydrogens (tertiary/aromatic N) is 5. The number of benzene rings is 2. The summed E-state index contributed by atoms with van der Waals surface area (Å²) in [5.41, 5.74) is 4.99. The average Bonchev–Trinajstić information content (AvgIpc) is 3.38. The summed E-state index contributed by atoms with van der Waals surface area (Å²) in [6.07, 6.45) is 4.78. The molecule has 2 aliphatic rings.